The van der Waals surface area contributed by atoms with Crippen molar-refractivity contribution in [1.82, 2.24) is 15.0 Å². The zero-order valence-electron chi connectivity index (χ0n) is 15.3. The van der Waals surface area contributed by atoms with Crippen LogP contribution in [0.1, 0.15) is 32.1 Å². The monoisotopic (exact) mass is 405 g/mol. The van der Waals surface area contributed by atoms with Crippen LogP contribution in [0.4, 0.5) is 5.95 Å². The van der Waals surface area contributed by atoms with Crippen LogP contribution in [0.15, 0.2) is 53.1 Å². The molecule has 0 saturated heterocycles. The quantitative estimate of drug-likeness (QED) is 0.483. The Kier molecular flexibility index (Phi) is 5.18. The van der Waals surface area contributed by atoms with Gasteiger partial charge in [-0.15, -0.1) is 11.3 Å². The minimum Gasteiger partial charge on any atom is -0.465 e. The second-order valence-corrected chi connectivity index (χ2v) is 7.17. The molecule has 0 bridgehead atoms. The number of rotatable bonds is 6. The molecule has 0 aliphatic carbocycles. The number of nitrogens with one attached hydrogen (secondary N) is 1. The van der Waals surface area contributed by atoms with Gasteiger partial charge in [-0.05, 0) is 30.3 Å². The van der Waals surface area contributed by atoms with Gasteiger partial charge >= 0.3 is 5.97 Å². The van der Waals surface area contributed by atoms with Crippen molar-refractivity contribution in [3.05, 3.63) is 70.0 Å². The Morgan fingerprint density at radius 3 is 2.93 bits per heavy atom. The number of benzene rings is 1. The zero-order valence-corrected chi connectivity index (χ0v) is 16.1. The SMILES string of the molecule is COC(=O)c1ccc(CNc2nccc(C(C#N)c3nc4ccccc4o3)n2)s1. The van der Waals surface area contributed by atoms with Gasteiger partial charge in [-0.1, -0.05) is 12.1 Å². The van der Waals surface area contributed by atoms with Crippen LogP contribution in [0, 0.1) is 11.3 Å². The molecular formula is C20H15N5O3S. The fourth-order valence-corrected chi connectivity index (χ4v) is 3.60. The molecule has 3 aromatic heterocycles. The average molecular weight is 405 g/mol. The minimum atomic E-state index is -0.751. The number of esters is 1. The summed E-state index contributed by atoms with van der Waals surface area (Å²) in [4.78, 5) is 26.0. The molecule has 3 heterocycles. The van der Waals surface area contributed by atoms with Crippen LogP contribution in [-0.2, 0) is 11.3 Å². The molecule has 1 atom stereocenters. The number of thiophene rings is 1. The molecule has 0 fully saturated rings. The second kappa shape index (κ2) is 8.08. The van der Waals surface area contributed by atoms with Crippen molar-refractivity contribution in [1.29, 1.82) is 5.26 Å². The van der Waals surface area contributed by atoms with E-state index < -0.39 is 5.92 Å². The molecule has 9 heteroatoms. The smallest absolute Gasteiger partial charge is 0.348 e. The number of para-hydroxylation sites is 2. The highest BCUT2D eigenvalue weighted by Crippen LogP contribution is 2.26. The first kappa shape index (κ1) is 18.6. The van der Waals surface area contributed by atoms with Crippen LogP contribution in [0.3, 0.4) is 0 Å². The summed E-state index contributed by atoms with van der Waals surface area (Å²) >= 11 is 1.33. The normalized spacial score (nSPS) is 11.7. The fourth-order valence-electron chi connectivity index (χ4n) is 2.73. The number of hydrogen-bond acceptors (Lipinski definition) is 9. The van der Waals surface area contributed by atoms with Crippen LogP contribution in [0.5, 0.6) is 0 Å². The maximum absolute atomic E-state index is 11.6. The van der Waals surface area contributed by atoms with E-state index in [-0.39, 0.29) is 5.97 Å². The predicted molar refractivity (Wildman–Crippen MR) is 106 cm³/mol. The lowest BCUT2D eigenvalue weighted by molar-refractivity contribution is 0.0606. The van der Waals surface area contributed by atoms with Gasteiger partial charge in [-0.25, -0.2) is 19.7 Å². The maximum atomic E-state index is 11.6. The Labute approximate surface area is 169 Å². The topological polar surface area (TPSA) is 114 Å². The van der Waals surface area contributed by atoms with Gasteiger partial charge in [0.15, 0.2) is 11.5 Å². The molecule has 4 aromatic rings. The van der Waals surface area contributed by atoms with E-state index in [0.717, 1.165) is 4.88 Å². The number of carbonyl (C=O) groups excluding carboxylic acids is 1. The van der Waals surface area contributed by atoms with Gasteiger partial charge in [0, 0.05) is 11.1 Å². The van der Waals surface area contributed by atoms with E-state index in [1.807, 2.05) is 24.3 Å². The summed E-state index contributed by atoms with van der Waals surface area (Å²) in [5, 5.41) is 12.8. The van der Waals surface area contributed by atoms with Gasteiger partial charge in [0.1, 0.15) is 10.4 Å². The maximum Gasteiger partial charge on any atom is 0.348 e. The van der Waals surface area contributed by atoms with E-state index in [0.29, 0.717) is 40.1 Å². The molecule has 29 heavy (non-hydrogen) atoms. The zero-order chi connectivity index (χ0) is 20.2. The van der Waals surface area contributed by atoms with Crippen LogP contribution >= 0.6 is 11.3 Å². The average Bonchev–Trinajstić information content (AvgIpc) is 3.39. The molecule has 0 amide bonds. The van der Waals surface area contributed by atoms with Gasteiger partial charge < -0.3 is 14.5 Å². The first-order valence-electron chi connectivity index (χ1n) is 8.67. The molecule has 144 valence electrons. The lowest BCUT2D eigenvalue weighted by atomic mass is 10.1. The molecule has 1 aromatic carbocycles. The Morgan fingerprint density at radius 1 is 1.28 bits per heavy atom. The van der Waals surface area contributed by atoms with Crippen LogP contribution < -0.4 is 5.32 Å². The van der Waals surface area contributed by atoms with Crippen molar-refractivity contribution >= 4 is 34.4 Å². The van der Waals surface area contributed by atoms with Crippen molar-refractivity contribution in [2.45, 2.75) is 12.5 Å². The number of carbonyl (C=O) groups is 1. The van der Waals surface area contributed by atoms with E-state index in [4.69, 9.17) is 9.15 Å². The van der Waals surface area contributed by atoms with E-state index >= 15 is 0 Å². The van der Waals surface area contributed by atoms with E-state index in [1.54, 1.807) is 24.4 Å². The van der Waals surface area contributed by atoms with Crippen LogP contribution in [-0.4, -0.2) is 28.0 Å². The number of nitrogens with zero attached hydrogens (tertiary/aromatic N) is 4. The number of ether oxygens (including phenoxy) is 1. The van der Waals surface area contributed by atoms with Crippen molar-refractivity contribution in [3.63, 3.8) is 0 Å². The van der Waals surface area contributed by atoms with Gasteiger partial charge in [-0.3, -0.25) is 0 Å². The van der Waals surface area contributed by atoms with Crippen LogP contribution in [0.2, 0.25) is 0 Å². The van der Waals surface area contributed by atoms with Gasteiger partial charge in [0.25, 0.3) is 0 Å². The lowest BCUT2D eigenvalue weighted by Crippen LogP contribution is -2.07. The van der Waals surface area contributed by atoms with Crippen molar-refractivity contribution in [2.75, 3.05) is 12.4 Å². The molecule has 0 radical (unpaired) electrons. The van der Waals surface area contributed by atoms with Crippen molar-refractivity contribution in [3.8, 4) is 6.07 Å². The van der Waals surface area contributed by atoms with Crippen LogP contribution in [0.25, 0.3) is 11.1 Å². The number of nitriles is 1. The molecule has 1 unspecified atom stereocenters. The number of oxazole rings is 1. The molecule has 0 spiro atoms. The molecule has 8 nitrogen and oxygen atoms in total. The highest BCUT2D eigenvalue weighted by molar-refractivity contribution is 7.13. The minimum absolute atomic E-state index is 0.291. The molecule has 4 rings (SSSR count). The third-order valence-corrected chi connectivity index (χ3v) is 5.19. The summed E-state index contributed by atoms with van der Waals surface area (Å²) in [6.45, 7) is 0.436. The standard InChI is InChI=1S/C20H15N5O3S/c1-27-19(26)17-7-6-12(29-17)11-23-20-22-9-8-14(25-20)13(10-21)18-24-15-4-2-3-5-16(15)28-18/h2-9,13H,11H2,1H3,(H,22,23,25). The highest BCUT2D eigenvalue weighted by atomic mass is 32.1. The Bertz CT molecular complexity index is 1180. The Balaban J connectivity index is 1.52. The van der Waals surface area contributed by atoms with Gasteiger partial charge in [0.2, 0.25) is 11.8 Å². The lowest BCUT2D eigenvalue weighted by Gasteiger charge is -2.07. The second-order valence-electron chi connectivity index (χ2n) is 6.00. The van der Waals surface area contributed by atoms with E-state index in [2.05, 4.69) is 26.3 Å². The third-order valence-electron chi connectivity index (χ3n) is 4.13. The summed E-state index contributed by atoms with van der Waals surface area (Å²) < 4.78 is 10.4. The summed E-state index contributed by atoms with van der Waals surface area (Å²) in [5.41, 5.74) is 1.79. The Hall–Kier alpha value is -3.77. The highest BCUT2D eigenvalue weighted by Gasteiger charge is 2.22. The van der Waals surface area contributed by atoms with Gasteiger partial charge in [0.05, 0.1) is 25.4 Å². The summed E-state index contributed by atoms with van der Waals surface area (Å²) in [6.07, 6.45) is 1.58. The molecular weight excluding hydrogens is 390 g/mol. The first-order valence-corrected chi connectivity index (χ1v) is 9.48. The molecule has 0 aliphatic heterocycles. The number of anilines is 1. The number of aromatic nitrogens is 3. The Morgan fingerprint density at radius 2 is 2.14 bits per heavy atom. The van der Waals surface area contributed by atoms with Crippen molar-refractivity contribution in [2.24, 2.45) is 0 Å². The number of methoxy groups -OCH3 is 1. The molecule has 1 N–H and O–H groups in total. The largest absolute Gasteiger partial charge is 0.465 e. The summed E-state index contributed by atoms with van der Waals surface area (Å²) in [6, 6.07) is 14.7. The predicted octanol–water partition coefficient (Wildman–Crippen LogP) is 3.73. The molecule has 0 saturated carbocycles. The number of hydrogen-bond donors (Lipinski definition) is 1. The van der Waals surface area contributed by atoms with Crippen molar-refractivity contribution < 1.29 is 13.9 Å². The third kappa shape index (κ3) is 3.93. The van der Waals surface area contributed by atoms with Gasteiger partial charge in [-0.2, -0.15) is 5.26 Å². The van der Waals surface area contributed by atoms with E-state index in [9.17, 15) is 10.1 Å². The fraction of sp³-hybridized carbons (Fsp3) is 0.150. The first-order chi connectivity index (χ1) is 14.2. The van der Waals surface area contributed by atoms with E-state index in [1.165, 1.54) is 18.4 Å². The summed E-state index contributed by atoms with van der Waals surface area (Å²) in [5.74, 6) is -0.459. The summed E-state index contributed by atoms with van der Waals surface area (Å²) in [7, 11) is 1.35. The number of fused-ring (bicyclic) bond motifs is 1. The molecule has 0 aliphatic rings.